The average molecular weight is 955 g/mol. The summed E-state index contributed by atoms with van der Waals surface area (Å²) in [5.41, 5.74) is -1.83. The molecule has 0 bridgehead atoms. The van der Waals surface area contributed by atoms with Crippen molar-refractivity contribution in [3.05, 3.63) is 54.0 Å². The van der Waals surface area contributed by atoms with Crippen molar-refractivity contribution in [2.24, 2.45) is 23.7 Å². The minimum absolute atomic E-state index is 0.163. The molecule has 3 aromatic rings. The van der Waals surface area contributed by atoms with Gasteiger partial charge in [0.15, 0.2) is 6.29 Å². The molecular formula is C51H82N6O11. The Hall–Kier alpha value is -3.20. The van der Waals surface area contributed by atoms with Crippen molar-refractivity contribution in [1.82, 2.24) is 29.8 Å². The topological polar surface area (TPSA) is 214 Å². The zero-order valence-corrected chi connectivity index (χ0v) is 42.7. The molecule has 5 N–H and O–H groups in total. The molecule has 0 aliphatic carbocycles. The molecule has 3 aliphatic rings. The predicted octanol–water partition coefficient (Wildman–Crippen LogP) is 3.98. The van der Waals surface area contributed by atoms with Crippen LogP contribution in [-0.2, 0) is 41.4 Å². The molecule has 0 spiro atoms. The second kappa shape index (κ2) is 22.1. The number of pyridine rings is 1. The van der Waals surface area contributed by atoms with E-state index in [1.54, 1.807) is 32.4 Å². The van der Waals surface area contributed by atoms with Gasteiger partial charge in [0.1, 0.15) is 30.0 Å². The van der Waals surface area contributed by atoms with Gasteiger partial charge in [-0.2, -0.15) is 0 Å². The third kappa shape index (κ3) is 11.9. The lowest BCUT2D eigenvalue weighted by atomic mass is 9.68. The van der Waals surface area contributed by atoms with Crippen LogP contribution in [0.15, 0.2) is 42.6 Å². The number of hydrogen-bond acceptors (Lipinski definition) is 16. The number of benzene rings is 1. The van der Waals surface area contributed by atoms with Gasteiger partial charge in [0.05, 0.1) is 65.0 Å². The molecule has 0 radical (unpaired) electrons. The normalized spacial score (nSPS) is 40.8. The number of fused-ring (bicyclic) bond motifs is 1. The van der Waals surface area contributed by atoms with Crippen LogP contribution in [0.5, 0.6) is 0 Å². The summed E-state index contributed by atoms with van der Waals surface area (Å²) in [6.45, 7) is 19.5. The van der Waals surface area contributed by atoms with Gasteiger partial charge in [-0.05, 0) is 98.9 Å². The van der Waals surface area contributed by atoms with Gasteiger partial charge in [-0.1, -0.05) is 57.2 Å². The molecule has 382 valence electrons. The van der Waals surface area contributed by atoms with Crippen LogP contribution in [0.4, 0.5) is 0 Å². The van der Waals surface area contributed by atoms with Gasteiger partial charge in [-0.3, -0.25) is 9.78 Å². The van der Waals surface area contributed by atoms with E-state index in [9.17, 15) is 30.3 Å². The van der Waals surface area contributed by atoms with Crippen molar-refractivity contribution >= 4 is 16.9 Å². The molecule has 1 unspecified atom stereocenters. The number of methoxy groups -OCH3 is 1. The van der Waals surface area contributed by atoms with Gasteiger partial charge in [-0.25, -0.2) is 4.68 Å². The highest BCUT2D eigenvalue weighted by Gasteiger charge is 2.55. The van der Waals surface area contributed by atoms with E-state index < -0.39 is 102 Å². The number of likely N-dealkylation sites (N-methyl/N-ethyl adjacent to an activating group) is 2. The number of aliphatic hydroxyl groups is 5. The van der Waals surface area contributed by atoms with Gasteiger partial charge in [0, 0.05) is 62.6 Å². The van der Waals surface area contributed by atoms with Gasteiger partial charge in [-0.15, -0.1) is 5.10 Å². The maximum atomic E-state index is 14.6. The molecule has 5 heterocycles. The molecule has 6 rings (SSSR count). The number of carbonyl (C=O) groups is 1. The molecule has 1 aromatic carbocycles. The number of para-hydroxylation sites is 1. The summed E-state index contributed by atoms with van der Waals surface area (Å²) >= 11 is 0. The molecular weight excluding hydrogens is 873 g/mol. The molecule has 0 amide bonds. The van der Waals surface area contributed by atoms with E-state index in [1.807, 2.05) is 90.1 Å². The van der Waals surface area contributed by atoms with Crippen LogP contribution in [-0.4, -0.2) is 180 Å². The number of nitrogens with zero attached hydrogens (tertiary/aromatic N) is 6. The molecule has 18 atom stereocenters. The first-order valence-corrected chi connectivity index (χ1v) is 24.8. The summed E-state index contributed by atoms with van der Waals surface area (Å²) in [7, 11) is 5.35. The Balaban J connectivity index is 1.28. The van der Waals surface area contributed by atoms with Crippen molar-refractivity contribution in [3.63, 3.8) is 0 Å². The van der Waals surface area contributed by atoms with Crippen LogP contribution in [0.3, 0.4) is 0 Å². The Labute approximate surface area is 403 Å². The summed E-state index contributed by atoms with van der Waals surface area (Å²) in [5.74, 6) is -3.09. The van der Waals surface area contributed by atoms with Crippen LogP contribution in [0, 0.1) is 23.7 Å². The third-order valence-corrected chi connectivity index (χ3v) is 15.7. The highest BCUT2D eigenvalue weighted by molar-refractivity contribution is 5.78. The number of esters is 1. The lowest BCUT2D eigenvalue weighted by Gasteiger charge is -2.51. The van der Waals surface area contributed by atoms with Crippen molar-refractivity contribution in [1.29, 1.82) is 0 Å². The van der Waals surface area contributed by atoms with E-state index in [2.05, 4.69) is 21.3 Å². The van der Waals surface area contributed by atoms with Crippen LogP contribution in [0.25, 0.3) is 10.9 Å². The fraction of sp³-hybridized carbons (Fsp3) is 0.765. The highest BCUT2D eigenvalue weighted by Crippen LogP contribution is 2.45. The summed E-state index contributed by atoms with van der Waals surface area (Å²) < 4.78 is 34.0. The Morgan fingerprint density at radius 2 is 1.65 bits per heavy atom. The van der Waals surface area contributed by atoms with E-state index in [0.29, 0.717) is 32.5 Å². The van der Waals surface area contributed by atoms with Gasteiger partial charge < -0.3 is 59.0 Å². The van der Waals surface area contributed by atoms with E-state index in [0.717, 1.165) is 22.3 Å². The second-order valence-corrected chi connectivity index (χ2v) is 21.4. The third-order valence-electron chi connectivity index (χ3n) is 15.7. The number of aromatic nitrogens is 4. The molecule has 3 saturated heterocycles. The lowest BCUT2D eigenvalue weighted by Crippen LogP contribution is -2.62. The van der Waals surface area contributed by atoms with Crippen LogP contribution >= 0.6 is 0 Å². The fourth-order valence-corrected chi connectivity index (χ4v) is 11.6. The molecule has 17 nitrogen and oxygen atoms in total. The predicted molar refractivity (Wildman–Crippen MR) is 256 cm³/mol. The Kier molecular flexibility index (Phi) is 17.6. The molecule has 3 fully saturated rings. The van der Waals surface area contributed by atoms with Crippen LogP contribution in [0.1, 0.15) is 106 Å². The standard InChI is InChI=1S/C51H82N6O11/c1-14-41-51(10,63)44(59)33(6)56(12)26-29(2)24-49(8,62)46(31(4)42(32(5)47(61)67-41)40-25-50(9,64-13)45(60)34(7)66-40)68-48-43(58)39(23-30(3)65-48)55(11)22-21-37-28-57(54-53-37)27-36-20-19-35-17-15-16-18-38(35)52-36/h15-20,28-34,39-46,48,58-60,62-63H,14,21-27H2,1-13H3/t29-,30-,31+,32-,33-,34+,39+,40?,41-,42+,43-,44-,45+,46-,48+,49-,50-,51-/m1/s1. The highest BCUT2D eigenvalue weighted by atomic mass is 16.7. The summed E-state index contributed by atoms with van der Waals surface area (Å²) in [4.78, 5) is 23.4. The number of ether oxygens (including phenoxy) is 5. The Bertz CT molecular complexity index is 2110. The first-order valence-electron chi connectivity index (χ1n) is 24.8. The molecule has 68 heavy (non-hydrogen) atoms. The van der Waals surface area contributed by atoms with Gasteiger partial charge in [0.25, 0.3) is 0 Å². The van der Waals surface area contributed by atoms with Gasteiger partial charge >= 0.3 is 5.97 Å². The summed E-state index contributed by atoms with van der Waals surface area (Å²) in [6.07, 6.45) is -4.74. The van der Waals surface area contributed by atoms with Crippen LogP contribution in [0.2, 0.25) is 0 Å². The monoisotopic (exact) mass is 955 g/mol. The lowest BCUT2D eigenvalue weighted by molar-refractivity contribution is -0.302. The largest absolute Gasteiger partial charge is 0.459 e. The molecule has 17 heteroatoms. The first-order chi connectivity index (χ1) is 31.9. The van der Waals surface area contributed by atoms with Gasteiger partial charge in [0.2, 0.25) is 0 Å². The fourth-order valence-electron chi connectivity index (χ4n) is 11.6. The van der Waals surface area contributed by atoms with Crippen molar-refractivity contribution in [3.8, 4) is 0 Å². The minimum atomic E-state index is -1.81. The van der Waals surface area contributed by atoms with E-state index in [4.69, 9.17) is 28.7 Å². The number of cyclic esters (lactones) is 1. The first kappa shape index (κ1) is 54.1. The number of hydrogen-bond donors (Lipinski definition) is 5. The molecule has 0 saturated carbocycles. The second-order valence-electron chi connectivity index (χ2n) is 21.4. The van der Waals surface area contributed by atoms with Crippen molar-refractivity contribution < 1.29 is 54.0 Å². The maximum Gasteiger partial charge on any atom is 0.309 e. The van der Waals surface area contributed by atoms with Crippen LogP contribution < -0.4 is 0 Å². The number of carbonyl (C=O) groups excluding carboxylic acids is 1. The molecule has 3 aliphatic heterocycles. The molecule has 2 aromatic heterocycles. The Morgan fingerprint density at radius 1 is 0.941 bits per heavy atom. The summed E-state index contributed by atoms with van der Waals surface area (Å²) in [5, 5.41) is 69.9. The smallest absolute Gasteiger partial charge is 0.309 e. The minimum Gasteiger partial charge on any atom is -0.459 e. The zero-order chi connectivity index (χ0) is 50.0. The SMILES string of the molecule is CC[C@H]1OC(=O)[C@H](C)[C@@H](C2C[C@@](C)(OC)[C@@H](O)[C@H](C)O2)[C@H](C)[C@@H](O[C@@H]2O[C@H](C)C[C@H](N(C)CCc3cn(Cc4ccc5ccccc5n4)nn3)[C@H]2O)[C@](C)(O)C[C@@H](C)CN(C)[C@H](C)[C@@H](O)[C@]1(C)O. The van der Waals surface area contributed by atoms with E-state index in [-0.39, 0.29) is 31.3 Å². The number of aliphatic hydroxyl groups excluding tert-OH is 3. The number of rotatable bonds is 11. The summed E-state index contributed by atoms with van der Waals surface area (Å²) in [6, 6.07) is 11.1. The maximum absolute atomic E-state index is 14.6. The van der Waals surface area contributed by atoms with E-state index >= 15 is 0 Å². The zero-order valence-electron chi connectivity index (χ0n) is 42.7. The average Bonchev–Trinajstić information content (AvgIpc) is 3.74. The van der Waals surface area contributed by atoms with Crippen molar-refractivity contribution in [2.45, 2.75) is 192 Å². The quantitative estimate of drug-likeness (QED) is 0.172. The van der Waals surface area contributed by atoms with Crippen molar-refractivity contribution in [2.75, 3.05) is 34.3 Å². The Morgan fingerprint density at radius 3 is 2.34 bits per heavy atom. The van der Waals surface area contributed by atoms with E-state index in [1.165, 1.54) is 14.0 Å².